The van der Waals surface area contributed by atoms with Crippen molar-refractivity contribution in [1.29, 1.82) is 0 Å². The molecule has 22 heavy (non-hydrogen) atoms. The number of aliphatic carboxylic acids is 1. The fourth-order valence-electron chi connectivity index (χ4n) is 2.10. The Morgan fingerprint density at radius 3 is 1.68 bits per heavy atom. The average Bonchev–Trinajstić information content (AvgIpc) is 2.56. The van der Waals surface area contributed by atoms with E-state index in [-0.39, 0.29) is 11.0 Å². The van der Waals surface area contributed by atoms with Crippen LogP contribution < -0.4 is 9.47 Å². The molecule has 2 aromatic carbocycles. The summed E-state index contributed by atoms with van der Waals surface area (Å²) in [5.41, 5.74) is 2.08. The van der Waals surface area contributed by atoms with Gasteiger partial charge in [0.05, 0.1) is 25.2 Å². The van der Waals surface area contributed by atoms with Gasteiger partial charge in [-0.25, -0.2) is 0 Å². The molecule has 0 fully saturated rings. The topological polar surface area (TPSA) is 55.8 Å². The number of carboxylic acid groups (broad SMARTS) is 1. The minimum absolute atomic E-state index is 0.0444. The van der Waals surface area contributed by atoms with Crippen LogP contribution >= 0.6 is 11.8 Å². The van der Waals surface area contributed by atoms with E-state index in [4.69, 9.17) is 14.6 Å². The number of hydrogen-bond acceptors (Lipinski definition) is 4. The smallest absolute Gasteiger partial charge is 0.313 e. The zero-order valence-electron chi connectivity index (χ0n) is 12.5. The van der Waals surface area contributed by atoms with Crippen molar-refractivity contribution in [2.45, 2.75) is 5.25 Å². The Labute approximate surface area is 134 Å². The summed E-state index contributed by atoms with van der Waals surface area (Å²) < 4.78 is 10.3. The van der Waals surface area contributed by atoms with E-state index in [0.717, 1.165) is 22.6 Å². The molecule has 2 rings (SSSR count). The molecule has 0 aromatic heterocycles. The summed E-state index contributed by atoms with van der Waals surface area (Å²) in [7, 11) is 3.24. The third kappa shape index (κ3) is 4.18. The van der Waals surface area contributed by atoms with Crippen molar-refractivity contribution in [2.75, 3.05) is 20.0 Å². The van der Waals surface area contributed by atoms with Gasteiger partial charge < -0.3 is 14.6 Å². The second-order valence-electron chi connectivity index (χ2n) is 4.63. The van der Waals surface area contributed by atoms with Crippen molar-refractivity contribution in [3.05, 3.63) is 59.7 Å². The molecule has 0 saturated carbocycles. The molecule has 0 aliphatic heterocycles. The Morgan fingerprint density at radius 1 is 0.955 bits per heavy atom. The molecule has 0 aliphatic carbocycles. The van der Waals surface area contributed by atoms with Crippen LogP contribution in [0.3, 0.4) is 0 Å². The monoisotopic (exact) mass is 318 g/mol. The predicted octanol–water partition coefficient (Wildman–Crippen LogP) is 3.61. The summed E-state index contributed by atoms with van der Waals surface area (Å²) in [6.45, 7) is 0. The number of methoxy groups -OCH3 is 2. The highest BCUT2D eigenvalue weighted by atomic mass is 32.2. The number of thioether (sulfide) groups is 1. The Hall–Kier alpha value is -2.14. The molecular formula is C17H18O4S. The molecule has 5 heteroatoms. The molecule has 0 unspecified atom stereocenters. The lowest BCUT2D eigenvalue weighted by molar-refractivity contribution is -0.133. The molecule has 0 aliphatic rings. The zero-order valence-corrected chi connectivity index (χ0v) is 13.3. The summed E-state index contributed by atoms with van der Waals surface area (Å²) in [6.07, 6.45) is 0. The van der Waals surface area contributed by atoms with E-state index in [1.165, 1.54) is 11.8 Å². The standard InChI is InChI=1S/C17H18O4S/c1-20-14-7-3-12(4-8-14)17(22-11-16(18)19)13-5-9-15(21-2)10-6-13/h3-10,17H,11H2,1-2H3,(H,18,19). The van der Waals surface area contributed by atoms with Crippen LogP contribution in [0.25, 0.3) is 0 Å². The summed E-state index contributed by atoms with van der Waals surface area (Å²) >= 11 is 1.38. The highest BCUT2D eigenvalue weighted by Crippen LogP contribution is 2.36. The molecule has 116 valence electrons. The van der Waals surface area contributed by atoms with E-state index in [9.17, 15) is 4.79 Å². The first-order valence-electron chi connectivity index (χ1n) is 6.75. The maximum Gasteiger partial charge on any atom is 0.313 e. The van der Waals surface area contributed by atoms with E-state index >= 15 is 0 Å². The second-order valence-corrected chi connectivity index (χ2v) is 5.72. The highest BCUT2D eigenvalue weighted by molar-refractivity contribution is 8.00. The number of ether oxygens (including phenoxy) is 2. The van der Waals surface area contributed by atoms with Crippen LogP contribution in [-0.2, 0) is 4.79 Å². The zero-order chi connectivity index (χ0) is 15.9. The first-order valence-corrected chi connectivity index (χ1v) is 7.80. The summed E-state index contributed by atoms with van der Waals surface area (Å²) in [6, 6.07) is 15.4. The third-order valence-electron chi connectivity index (χ3n) is 3.21. The van der Waals surface area contributed by atoms with Crippen molar-refractivity contribution in [3.8, 4) is 11.5 Å². The van der Waals surface area contributed by atoms with Gasteiger partial charge in [0.1, 0.15) is 11.5 Å². The quantitative estimate of drug-likeness (QED) is 0.845. The fraction of sp³-hybridized carbons (Fsp3) is 0.235. The Morgan fingerprint density at radius 2 is 1.36 bits per heavy atom. The molecule has 0 amide bonds. The minimum Gasteiger partial charge on any atom is -0.497 e. The average molecular weight is 318 g/mol. The number of benzene rings is 2. The molecule has 0 spiro atoms. The Bertz CT molecular complexity index is 560. The van der Waals surface area contributed by atoms with Crippen LogP contribution in [0.1, 0.15) is 16.4 Å². The number of carbonyl (C=O) groups is 1. The molecule has 0 atom stereocenters. The molecule has 0 saturated heterocycles. The first kappa shape index (κ1) is 16.2. The maximum absolute atomic E-state index is 10.9. The SMILES string of the molecule is COc1ccc(C(SCC(=O)O)c2ccc(OC)cc2)cc1. The van der Waals surface area contributed by atoms with Crippen molar-refractivity contribution in [3.63, 3.8) is 0 Å². The van der Waals surface area contributed by atoms with Crippen LogP contribution in [0, 0.1) is 0 Å². The van der Waals surface area contributed by atoms with E-state index in [1.807, 2.05) is 48.5 Å². The molecule has 2 aromatic rings. The van der Waals surface area contributed by atoms with Crippen LogP contribution in [0.5, 0.6) is 11.5 Å². The first-order chi connectivity index (χ1) is 10.6. The Kier molecular flexibility index (Phi) is 5.72. The van der Waals surface area contributed by atoms with Crippen molar-refractivity contribution in [1.82, 2.24) is 0 Å². The number of rotatable bonds is 7. The largest absolute Gasteiger partial charge is 0.497 e. The predicted molar refractivity (Wildman–Crippen MR) is 87.9 cm³/mol. The van der Waals surface area contributed by atoms with Crippen LogP contribution in [0.2, 0.25) is 0 Å². The molecular weight excluding hydrogens is 300 g/mol. The van der Waals surface area contributed by atoms with Gasteiger partial charge in [0.15, 0.2) is 0 Å². The molecule has 0 bridgehead atoms. The molecule has 0 radical (unpaired) electrons. The summed E-state index contributed by atoms with van der Waals surface area (Å²) in [5.74, 6) is 0.779. The minimum atomic E-state index is -0.822. The van der Waals surface area contributed by atoms with Gasteiger partial charge in [0.2, 0.25) is 0 Å². The molecule has 4 nitrogen and oxygen atoms in total. The fourth-order valence-corrected chi connectivity index (χ4v) is 3.11. The van der Waals surface area contributed by atoms with E-state index in [1.54, 1.807) is 14.2 Å². The lowest BCUT2D eigenvalue weighted by Crippen LogP contribution is -2.04. The van der Waals surface area contributed by atoms with E-state index in [2.05, 4.69) is 0 Å². The van der Waals surface area contributed by atoms with Crippen LogP contribution in [-0.4, -0.2) is 31.0 Å². The van der Waals surface area contributed by atoms with Gasteiger partial charge >= 0.3 is 5.97 Å². The third-order valence-corrected chi connectivity index (χ3v) is 4.50. The van der Waals surface area contributed by atoms with Gasteiger partial charge in [-0.3, -0.25) is 4.79 Å². The van der Waals surface area contributed by atoms with Gasteiger partial charge in [-0.15, -0.1) is 11.8 Å². The normalized spacial score (nSPS) is 10.5. The molecule has 0 heterocycles. The van der Waals surface area contributed by atoms with Crippen LogP contribution in [0.15, 0.2) is 48.5 Å². The van der Waals surface area contributed by atoms with Crippen LogP contribution in [0.4, 0.5) is 0 Å². The van der Waals surface area contributed by atoms with Crippen molar-refractivity contribution in [2.24, 2.45) is 0 Å². The van der Waals surface area contributed by atoms with Gasteiger partial charge in [0, 0.05) is 0 Å². The Balaban J connectivity index is 2.29. The van der Waals surface area contributed by atoms with Crippen molar-refractivity contribution < 1.29 is 19.4 Å². The van der Waals surface area contributed by atoms with Gasteiger partial charge in [-0.2, -0.15) is 0 Å². The molecule has 1 N–H and O–H groups in total. The summed E-state index contributed by atoms with van der Waals surface area (Å²) in [5, 5.41) is 8.91. The number of carboxylic acids is 1. The van der Waals surface area contributed by atoms with E-state index < -0.39 is 5.97 Å². The van der Waals surface area contributed by atoms with Crippen molar-refractivity contribution >= 4 is 17.7 Å². The van der Waals surface area contributed by atoms with Gasteiger partial charge in [-0.1, -0.05) is 24.3 Å². The lowest BCUT2D eigenvalue weighted by atomic mass is 10.0. The number of hydrogen-bond donors (Lipinski definition) is 1. The van der Waals surface area contributed by atoms with E-state index in [0.29, 0.717) is 0 Å². The van der Waals surface area contributed by atoms with Gasteiger partial charge in [-0.05, 0) is 35.4 Å². The maximum atomic E-state index is 10.9. The lowest BCUT2D eigenvalue weighted by Gasteiger charge is -2.17. The summed E-state index contributed by atoms with van der Waals surface area (Å²) in [4.78, 5) is 10.9. The highest BCUT2D eigenvalue weighted by Gasteiger charge is 2.16. The van der Waals surface area contributed by atoms with Gasteiger partial charge in [0.25, 0.3) is 0 Å². The second kappa shape index (κ2) is 7.75.